The lowest BCUT2D eigenvalue weighted by molar-refractivity contribution is 0.295. The molecule has 0 aliphatic rings. The summed E-state index contributed by atoms with van der Waals surface area (Å²) in [5.41, 5.74) is 1.07. The van der Waals surface area contributed by atoms with E-state index in [1.54, 1.807) is 6.07 Å². The van der Waals surface area contributed by atoms with Gasteiger partial charge in [-0.05, 0) is 31.0 Å². The van der Waals surface area contributed by atoms with E-state index in [-0.39, 0.29) is 31.1 Å². The molecule has 0 bridgehead atoms. The SMILES string of the molecule is Cc1cccc(OCCS(=O)(=O)CCCO)c1. The summed E-state index contributed by atoms with van der Waals surface area (Å²) in [5, 5.41) is 8.57. The van der Waals surface area contributed by atoms with Gasteiger partial charge in [0.05, 0.1) is 11.5 Å². The van der Waals surface area contributed by atoms with Crippen LogP contribution in [0.4, 0.5) is 0 Å². The predicted molar refractivity (Wildman–Crippen MR) is 67.0 cm³/mol. The first-order valence-corrected chi connectivity index (χ1v) is 7.36. The first kappa shape index (κ1) is 14.0. The van der Waals surface area contributed by atoms with E-state index in [1.165, 1.54) is 0 Å². The van der Waals surface area contributed by atoms with Crippen LogP contribution in [-0.4, -0.2) is 38.2 Å². The van der Waals surface area contributed by atoms with Crippen LogP contribution in [0.1, 0.15) is 12.0 Å². The monoisotopic (exact) mass is 258 g/mol. The molecule has 0 saturated heterocycles. The minimum Gasteiger partial charge on any atom is -0.493 e. The van der Waals surface area contributed by atoms with Gasteiger partial charge in [-0.25, -0.2) is 8.42 Å². The fraction of sp³-hybridized carbons (Fsp3) is 0.500. The Bertz CT molecular complexity index is 440. The molecule has 0 saturated carbocycles. The third-order valence-corrected chi connectivity index (χ3v) is 3.97. The van der Waals surface area contributed by atoms with Gasteiger partial charge in [0.1, 0.15) is 12.4 Å². The van der Waals surface area contributed by atoms with Crippen LogP contribution in [0.25, 0.3) is 0 Å². The Kier molecular flexibility index (Phi) is 5.44. The van der Waals surface area contributed by atoms with E-state index >= 15 is 0 Å². The summed E-state index contributed by atoms with van der Waals surface area (Å²) in [4.78, 5) is 0. The second kappa shape index (κ2) is 6.61. The van der Waals surface area contributed by atoms with Crippen molar-refractivity contribution in [2.24, 2.45) is 0 Å². The first-order chi connectivity index (χ1) is 8.03. The van der Waals surface area contributed by atoms with Crippen molar-refractivity contribution in [2.75, 3.05) is 24.7 Å². The van der Waals surface area contributed by atoms with Crippen molar-refractivity contribution in [1.29, 1.82) is 0 Å². The van der Waals surface area contributed by atoms with Crippen LogP contribution in [0.5, 0.6) is 5.75 Å². The number of sulfone groups is 1. The Labute approximate surface area is 102 Å². The molecule has 0 aliphatic heterocycles. The topological polar surface area (TPSA) is 63.6 Å². The van der Waals surface area contributed by atoms with E-state index in [0.29, 0.717) is 5.75 Å². The van der Waals surface area contributed by atoms with Crippen LogP contribution in [0.3, 0.4) is 0 Å². The van der Waals surface area contributed by atoms with Gasteiger partial charge in [-0.3, -0.25) is 0 Å². The number of aliphatic hydroxyl groups is 1. The van der Waals surface area contributed by atoms with E-state index in [4.69, 9.17) is 9.84 Å². The highest BCUT2D eigenvalue weighted by atomic mass is 32.2. The molecule has 1 N–H and O–H groups in total. The Morgan fingerprint density at radius 3 is 2.71 bits per heavy atom. The zero-order valence-corrected chi connectivity index (χ0v) is 10.7. The molecule has 0 heterocycles. The molecular formula is C12H18O4S. The lowest BCUT2D eigenvalue weighted by Crippen LogP contribution is -2.17. The maximum absolute atomic E-state index is 11.5. The second-order valence-electron chi connectivity index (χ2n) is 3.89. The molecule has 4 nitrogen and oxygen atoms in total. The Hall–Kier alpha value is -1.07. The molecule has 0 aliphatic carbocycles. The van der Waals surface area contributed by atoms with Gasteiger partial charge >= 0.3 is 0 Å². The largest absolute Gasteiger partial charge is 0.493 e. The molecule has 0 aromatic heterocycles. The summed E-state index contributed by atoms with van der Waals surface area (Å²) < 4.78 is 28.3. The van der Waals surface area contributed by atoms with Crippen molar-refractivity contribution in [3.63, 3.8) is 0 Å². The van der Waals surface area contributed by atoms with Crippen LogP contribution in [0.15, 0.2) is 24.3 Å². The number of hydrogen-bond donors (Lipinski definition) is 1. The highest BCUT2D eigenvalue weighted by Gasteiger charge is 2.10. The standard InChI is InChI=1S/C12H18O4S/c1-11-4-2-5-12(10-11)16-7-9-17(14,15)8-3-6-13/h2,4-5,10,13H,3,6-9H2,1H3. The van der Waals surface area contributed by atoms with E-state index in [1.807, 2.05) is 25.1 Å². The quantitative estimate of drug-likeness (QED) is 0.797. The molecular weight excluding hydrogens is 240 g/mol. The zero-order chi connectivity index (χ0) is 12.7. The van der Waals surface area contributed by atoms with Gasteiger partial charge in [0.25, 0.3) is 0 Å². The molecule has 5 heteroatoms. The molecule has 1 rings (SSSR count). The number of aliphatic hydroxyl groups excluding tert-OH is 1. The smallest absolute Gasteiger partial charge is 0.153 e. The molecule has 0 unspecified atom stereocenters. The molecule has 0 fully saturated rings. The number of aryl methyl sites for hydroxylation is 1. The van der Waals surface area contributed by atoms with Gasteiger partial charge in [0.2, 0.25) is 0 Å². The third kappa shape index (κ3) is 5.70. The van der Waals surface area contributed by atoms with Crippen molar-refractivity contribution in [2.45, 2.75) is 13.3 Å². The number of hydrogen-bond acceptors (Lipinski definition) is 4. The van der Waals surface area contributed by atoms with Gasteiger partial charge < -0.3 is 9.84 Å². The number of ether oxygens (including phenoxy) is 1. The molecule has 96 valence electrons. The Balaban J connectivity index is 2.37. The molecule has 0 amide bonds. The van der Waals surface area contributed by atoms with Crippen LogP contribution in [0, 0.1) is 6.92 Å². The Morgan fingerprint density at radius 1 is 1.29 bits per heavy atom. The first-order valence-electron chi connectivity index (χ1n) is 5.54. The summed E-state index contributed by atoms with van der Waals surface area (Å²) in [6, 6.07) is 7.48. The van der Waals surface area contributed by atoms with E-state index in [9.17, 15) is 8.42 Å². The summed E-state index contributed by atoms with van der Waals surface area (Å²) in [6.45, 7) is 2.00. The highest BCUT2D eigenvalue weighted by molar-refractivity contribution is 7.91. The fourth-order valence-electron chi connectivity index (χ4n) is 1.38. The van der Waals surface area contributed by atoms with Crippen molar-refractivity contribution in [1.82, 2.24) is 0 Å². The normalized spacial score (nSPS) is 11.4. The third-order valence-electron chi connectivity index (χ3n) is 2.27. The molecule has 1 aromatic carbocycles. The van der Waals surface area contributed by atoms with Crippen LogP contribution >= 0.6 is 0 Å². The number of rotatable bonds is 7. The lowest BCUT2D eigenvalue weighted by atomic mass is 10.2. The molecule has 0 atom stereocenters. The minimum atomic E-state index is -3.11. The molecule has 0 spiro atoms. The summed E-state index contributed by atoms with van der Waals surface area (Å²) >= 11 is 0. The maximum atomic E-state index is 11.5. The van der Waals surface area contributed by atoms with Crippen LogP contribution < -0.4 is 4.74 Å². The molecule has 17 heavy (non-hydrogen) atoms. The van der Waals surface area contributed by atoms with Crippen LogP contribution in [0.2, 0.25) is 0 Å². The average Bonchev–Trinajstić information content (AvgIpc) is 2.26. The lowest BCUT2D eigenvalue weighted by Gasteiger charge is -2.07. The van der Waals surface area contributed by atoms with Crippen molar-refractivity contribution < 1.29 is 18.3 Å². The number of benzene rings is 1. The van der Waals surface area contributed by atoms with Crippen molar-refractivity contribution in [3.8, 4) is 5.75 Å². The van der Waals surface area contributed by atoms with E-state index < -0.39 is 9.84 Å². The van der Waals surface area contributed by atoms with Gasteiger partial charge in [0, 0.05) is 6.61 Å². The predicted octanol–water partition coefficient (Wildman–Crippen LogP) is 1.17. The highest BCUT2D eigenvalue weighted by Crippen LogP contribution is 2.12. The fourth-order valence-corrected chi connectivity index (χ4v) is 2.49. The summed E-state index contributed by atoms with van der Waals surface area (Å²) in [5.74, 6) is 0.684. The van der Waals surface area contributed by atoms with Crippen LogP contribution in [-0.2, 0) is 9.84 Å². The van der Waals surface area contributed by atoms with Crippen molar-refractivity contribution >= 4 is 9.84 Å². The zero-order valence-electron chi connectivity index (χ0n) is 9.93. The van der Waals surface area contributed by atoms with Gasteiger partial charge in [0.15, 0.2) is 9.84 Å². The molecule has 1 aromatic rings. The van der Waals surface area contributed by atoms with Gasteiger partial charge in [-0.2, -0.15) is 0 Å². The minimum absolute atomic E-state index is 0.0130. The second-order valence-corrected chi connectivity index (χ2v) is 6.20. The van der Waals surface area contributed by atoms with E-state index in [0.717, 1.165) is 5.56 Å². The van der Waals surface area contributed by atoms with E-state index in [2.05, 4.69) is 0 Å². The summed E-state index contributed by atoms with van der Waals surface area (Å²) in [6.07, 6.45) is 0.285. The maximum Gasteiger partial charge on any atom is 0.153 e. The van der Waals surface area contributed by atoms with Gasteiger partial charge in [-0.1, -0.05) is 12.1 Å². The molecule has 0 radical (unpaired) electrons. The summed E-state index contributed by atoms with van der Waals surface area (Å²) in [7, 11) is -3.11. The average molecular weight is 258 g/mol. The van der Waals surface area contributed by atoms with Gasteiger partial charge in [-0.15, -0.1) is 0 Å². The Morgan fingerprint density at radius 2 is 2.06 bits per heavy atom. The van der Waals surface area contributed by atoms with Crippen molar-refractivity contribution in [3.05, 3.63) is 29.8 Å².